The highest BCUT2D eigenvalue weighted by Gasteiger charge is 2.10. The second kappa shape index (κ2) is 5.30. The Hall–Kier alpha value is -2.10. The summed E-state index contributed by atoms with van der Waals surface area (Å²) in [4.78, 5) is 21.3. The number of rotatable bonds is 4. The van der Waals surface area contributed by atoms with Crippen molar-refractivity contribution in [1.82, 2.24) is 0 Å². The van der Waals surface area contributed by atoms with Crippen LogP contribution in [0.1, 0.15) is 33.5 Å². The molecule has 0 aliphatic carbocycles. The Morgan fingerprint density at radius 3 is 2.12 bits per heavy atom. The van der Waals surface area contributed by atoms with E-state index in [0.717, 1.165) is 5.56 Å². The van der Waals surface area contributed by atoms with Crippen molar-refractivity contribution >= 4 is 18.0 Å². The number of hydrogen-bond donors (Lipinski definition) is 2. The molecule has 0 aliphatic heterocycles. The molecule has 0 spiro atoms. The van der Waals surface area contributed by atoms with Crippen molar-refractivity contribution in [2.45, 2.75) is 20.3 Å². The summed E-state index contributed by atoms with van der Waals surface area (Å²) in [6, 6.07) is 3.46. The van der Waals surface area contributed by atoms with Gasteiger partial charge in [-0.2, -0.15) is 0 Å². The molecule has 0 radical (unpaired) electrons. The zero-order valence-corrected chi connectivity index (χ0v) is 9.73. The van der Waals surface area contributed by atoms with Gasteiger partial charge < -0.3 is 10.2 Å². The maximum absolute atomic E-state index is 11.0. The van der Waals surface area contributed by atoms with Crippen LogP contribution in [-0.4, -0.2) is 22.2 Å². The summed E-state index contributed by atoms with van der Waals surface area (Å²) in [6.45, 7) is 3.45. The maximum atomic E-state index is 11.0. The number of carboxylic acid groups (broad SMARTS) is 2. The van der Waals surface area contributed by atoms with E-state index in [9.17, 15) is 9.59 Å². The minimum absolute atomic E-state index is 0.0429. The van der Waals surface area contributed by atoms with Crippen LogP contribution in [0.15, 0.2) is 18.2 Å². The molecule has 90 valence electrons. The van der Waals surface area contributed by atoms with Gasteiger partial charge in [0.1, 0.15) is 0 Å². The standard InChI is InChI=1S/C13H14O4/c1-8-6-10(4-3-5-11(14)15)7-9(2)12(8)13(16)17/h3-4,6-7H,5H2,1-2H3,(H,14,15)(H,16,17). The van der Waals surface area contributed by atoms with Crippen molar-refractivity contribution in [3.05, 3.63) is 40.5 Å². The first-order chi connectivity index (χ1) is 7.91. The van der Waals surface area contributed by atoms with Gasteiger partial charge in [-0.15, -0.1) is 0 Å². The van der Waals surface area contributed by atoms with Crippen LogP contribution in [0.25, 0.3) is 6.08 Å². The first kappa shape index (κ1) is 13.0. The molecule has 17 heavy (non-hydrogen) atoms. The molecule has 4 heteroatoms. The highest BCUT2D eigenvalue weighted by atomic mass is 16.4. The van der Waals surface area contributed by atoms with Crippen LogP contribution >= 0.6 is 0 Å². The lowest BCUT2D eigenvalue weighted by Crippen LogP contribution is -2.03. The van der Waals surface area contributed by atoms with Crippen molar-refractivity contribution in [3.8, 4) is 0 Å². The van der Waals surface area contributed by atoms with Gasteiger partial charge in [0.15, 0.2) is 0 Å². The Bertz CT molecular complexity index is 463. The Balaban J connectivity index is 3.02. The average molecular weight is 234 g/mol. The summed E-state index contributed by atoms with van der Waals surface area (Å²) in [5, 5.41) is 17.5. The Labute approximate surface area is 99.2 Å². The molecule has 1 aromatic carbocycles. The third-order valence-corrected chi connectivity index (χ3v) is 2.37. The molecule has 0 saturated heterocycles. The number of aryl methyl sites for hydroxylation is 2. The number of carbonyl (C=O) groups is 2. The van der Waals surface area contributed by atoms with E-state index < -0.39 is 11.9 Å². The normalized spacial score (nSPS) is 10.7. The third kappa shape index (κ3) is 3.45. The fraction of sp³-hybridized carbons (Fsp3) is 0.231. The summed E-state index contributed by atoms with van der Waals surface area (Å²) in [6.07, 6.45) is 3.18. The molecule has 0 amide bonds. The van der Waals surface area contributed by atoms with Gasteiger partial charge in [0.2, 0.25) is 0 Å². The summed E-state index contributed by atoms with van der Waals surface area (Å²) in [5.41, 5.74) is 2.46. The van der Waals surface area contributed by atoms with E-state index >= 15 is 0 Å². The number of benzene rings is 1. The van der Waals surface area contributed by atoms with Gasteiger partial charge in [0, 0.05) is 0 Å². The summed E-state index contributed by atoms with van der Waals surface area (Å²) < 4.78 is 0. The Morgan fingerprint density at radius 2 is 1.71 bits per heavy atom. The predicted molar refractivity (Wildman–Crippen MR) is 64.2 cm³/mol. The van der Waals surface area contributed by atoms with Gasteiger partial charge in [-0.25, -0.2) is 4.79 Å². The van der Waals surface area contributed by atoms with Crippen molar-refractivity contribution in [1.29, 1.82) is 0 Å². The van der Waals surface area contributed by atoms with Crippen LogP contribution in [0.2, 0.25) is 0 Å². The van der Waals surface area contributed by atoms with Crippen LogP contribution in [-0.2, 0) is 4.79 Å². The van der Waals surface area contributed by atoms with E-state index in [1.807, 2.05) is 0 Å². The SMILES string of the molecule is Cc1cc(C=CCC(=O)O)cc(C)c1C(=O)O. The van der Waals surface area contributed by atoms with Crippen molar-refractivity contribution in [3.63, 3.8) is 0 Å². The lowest BCUT2D eigenvalue weighted by atomic mass is 9.99. The lowest BCUT2D eigenvalue weighted by molar-refractivity contribution is -0.135. The molecule has 4 nitrogen and oxygen atoms in total. The number of aromatic carboxylic acids is 1. The van der Waals surface area contributed by atoms with Crippen molar-refractivity contribution in [2.24, 2.45) is 0 Å². The Kier molecular flexibility index (Phi) is 4.04. The molecule has 0 heterocycles. The molecule has 0 atom stereocenters. The number of carboxylic acids is 2. The van der Waals surface area contributed by atoms with E-state index in [1.54, 1.807) is 32.1 Å². The highest BCUT2D eigenvalue weighted by Crippen LogP contribution is 2.17. The second-order valence-corrected chi connectivity index (χ2v) is 3.84. The van der Waals surface area contributed by atoms with Crippen LogP contribution in [0.4, 0.5) is 0 Å². The molecular formula is C13H14O4. The first-order valence-corrected chi connectivity index (χ1v) is 5.14. The molecule has 0 aromatic heterocycles. The minimum atomic E-state index is -0.943. The Morgan fingerprint density at radius 1 is 1.18 bits per heavy atom. The zero-order chi connectivity index (χ0) is 13.0. The van der Waals surface area contributed by atoms with Gasteiger partial charge in [-0.05, 0) is 30.5 Å². The summed E-state index contributed by atoms with van der Waals surface area (Å²) in [7, 11) is 0. The van der Waals surface area contributed by atoms with Gasteiger partial charge in [-0.3, -0.25) is 4.79 Å². The average Bonchev–Trinajstić information content (AvgIpc) is 2.14. The van der Waals surface area contributed by atoms with Crippen LogP contribution in [0.5, 0.6) is 0 Å². The molecule has 0 saturated carbocycles. The lowest BCUT2D eigenvalue weighted by Gasteiger charge is -2.06. The number of hydrogen-bond acceptors (Lipinski definition) is 2. The molecule has 2 N–H and O–H groups in total. The van der Waals surface area contributed by atoms with Crippen LogP contribution in [0, 0.1) is 13.8 Å². The van der Waals surface area contributed by atoms with Gasteiger partial charge in [0.05, 0.1) is 12.0 Å². The fourth-order valence-electron chi connectivity index (χ4n) is 1.73. The largest absolute Gasteiger partial charge is 0.481 e. The van der Waals surface area contributed by atoms with Gasteiger partial charge in [0.25, 0.3) is 0 Å². The molecule has 0 fully saturated rings. The van der Waals surface area contributed by atoms with E-state index in [2.05, 4.69) is 0 Å². The molecule has 0 aliphatic rings. The van der Waals surface area contributed by atoms with Crippen molar-refractivity contribution in [2.75, 3.05) is 0 Å². The smallest absolute Gasteiger partial charge is 0.336 e. The first-order valence-electron chi connectivity index (χ1n) is 5.14. The summed E-state index contributed by atoms with van der Waals surface area (Å²) in [5.74, 6) is -1.84. The monoisotopic (exact) mass is 234 g/mol. The molecule has 0 unspecified atom stereocenters. The fourth-order valence-corrected chi connectivity index (χ4v) is 1.73. The van der Waals surface area contributed by atoms with Gasteiger partial charge in [-0.1, -0.05) is 24.3 Å². The predicted octanol–water partition coefficient (Wildman–Crippen LogP) is 2.49. The van der Waals surface area contributed by atoms with Crippen LogP contribution in [0.3, 0.4) is 0 Å². The summed E-state index contributed by atoms with van der Waals surface area (Å²) >= 11 is 0. The van der Waals surface area contributed by atoms with Gasteiger partial charge >= 0.3 is 11.9 Å². The molecule has 0 bridgehead atoms. The van der Waals surface area contributed by atoms with E-state index in [-0.39, 0.29) is 6.42 Å². The van der Waals surface area contributed by atoms with Crippen LogP contribution < -0.4 is 0 Å². The molecular weight excluding hydrogens is 220 g/mol. The van der Waals surface area contributed by atoms with Crippen molar-refractivity contribution < 1.29 is 19.8 Å². The van der Waals surface area contributed by atoms with E-state index in [0.29, 0.717) is 16.7 Å². The van der Waals surface area contributed by atoms with E-state index in [4.69, 9.17) is 10.2 Å². The minimum Gasteiger partial charge on any atom is -0.481 e. The second-order valence-electron chi connectivity index (χ2n) is 3.84. The maximum Gasteiger partial charge on any atom is 0.336 e. The van der Waals surface area contributed by atoms with E-state index in [1.165, 1.54) is 6.08 Å². The highest BCUT2D eigenvalue weighted by molar-refractivity contribution is 5.91. The quantitative estimate of drug-likeness (QED) is 0.839. The third-order valence-electron chi connectivity index (χ3n) is 2.37. The molecule has 1 rings (SSSR count). The topological polar surface area (TPSA) is 74.6 Å². The molecule has 1 aromatic rings. The number of aliphatic carboxylic acids is 1. The zero-order valence-electron chi connectivity index (χ0n) is 9.73.